The molecule has 1 aliphatic carbocycles. The molecule has 0 bridgehead atoms. The van der Waals surface area contributed by atoms with Crippen molar-refractivity contribution >= 4 is 28.5 Å². The Labute approximate surface area is 148 Å². The van der Waals surface area contributed by atoms with Crippen LogP contribution in [0.5, 0.6) is 0 Å². The van der Waals surface area contributed by atoms with Crippen LogP contribution in [0.2, 0.25) is 0 Å². The molecule has 0 atom stereocenters. The molecule has 3 aromatic rings. The van der Waals surface area contributed by atoms with E-state index in [0.29, 0.717) is 17.4 Å². The van der Waals surface area contributed by atoms with Gasteiger partial charge in [-0.3, -0.25) is 19.4 Å². The van der Waals surface area contributed by atoms with Crippen molar-refractivity contribution in [3.8, 4) is 0 Å². The molecule has 0 saturated heterocycles. The van der Waals surface area contributed by atoms with E-state index in [0.717, 1.165) is 29.6 Å². The van der Waals surface area contributed by atoms with Gasteiger partial charge in [0, 0.05) is 17.0 Å². The average molecular weight is 354 g/mol. The van der Waals surface area contributed by atoms with Crippen LogP contribution in [-0.4, -0.2) is 43.9 Å². The Balaban J connectivity index is 1.46. The molecule has 9 nitrogen and oxygen atoms in total. The fraction of sp³-hybridized carbons (Fsp3) is 0.353. The van der Waals surface area contributed by atoms with Crippen molar-refractivity contribution in [3.63, 3.8) is 0 Å². The Bertz CT molecular complexity index is 972. The van der Waals surface area contributed by atoms with Crippen LogP contribution < -0.4 is 5.32 Å². The minimum atomic E-state index is -0.388. The number of rotatable bonds is 6. The van der Waals surface area contributed by atoms with Gasteiger partial charge in [0.2, 0.25) is 5.91 Å². The zero-order valence-electron chi connectivity index (χ0n) is 14.2. The predicted molar refractivity (Wildman–Crippen MR) is 92.4 cm³/mol. The van der Waals surface area contributed by atoms with Crippen molar-refractivity contribution in [2.75, 3.05) is 12.4 Å². The summed E-state index contributed by atoms with van der Waals surface area (Å²) in [5.74, 6) is 1.21. The number of aromatic nitrogens is 5. The number of nitrogens with zero attached hydrogens (tertiary/aromatic N) is 4. The SMILES string of the molecule is COC(=O)Cn1ncc2ccc(NC(=O)Cc3nc(C4CC4)n[nH]3)cc21. The third kappa shape index (κ3) is 3.41. The fourth-order valence-electron chi connectivity index (χ4n) is 2.73. The Morgan fingerprint density at radius 3 is 3.00 bits per heavy atom. The summed E-state index contributed by atoms with van der Waals surface area (Å²) in [7, 11) is 1.33. The molecule has 0 unspecified atom stereocenters. The lowest BCUT2D eigenvalue weighted by Gasteiger charge is -2.06. The fourth-order valence-corrected chi connectivity index (χ4v) is 2.73. The number of methoxy groups -OCH3 is 1. The number of anilines is 1. The van der Waals surface area contributed by atoms with Gasteiger partial charge in [0.1, 0.15) is 12.4 Å². The number of ether oxygens (including phenoxy) is 1. The van der Waals surface area contributed by atoms with Gasteiger partial charge < -0.3 is 10.1 Å². The number of H-pyrrole nitrogens is 1. The van der Waals surface area contributed by atoms with Crippen LogP contribution in [0.1, 0.15) is 30.4 Å². The molecule has 1 saturated carbocycles. The Morgan fingerprint density at radius 2 is 2.23 bits per heavy atom. The highest BCUT2D eigenvalue weighted by atomic mass is 16.5. The average Bonchev–Trinajstić information content (AvgIpc) is 3.26. The van der Waals surface area contributed by atoms with Gasteiger partial charge in [-0.2, -0.15) is 10.2 Å². The number of nitrogens with one attached hydrogen (secondary N) is 2. The van der Waals surface area contributed by atoms with E-state index >= 15 is 0 Å². The van der Waals surface area contributed by atoms with Gasteiger partial charge in [-0.05, 0) is 31.0 Å². The molecule has 4 rings (SSSR count). The molecule has 0 spiro atoms. The van der Waals surface area contributed by atoms with Gasteiger partial charge in [-0.25, -0.2) is 4.98 Å². The van der Waals surface area contributed by atoms with E-state index < -0.39 is 0 Å². The lowest BCUT2D eigenvalue weighted by molar-refractivity contribution is -0.141. The first-order valence-electron chi connectivity index (χ1n) is 8.36. The van der Waals surface area contributed by atoms with Crippen molar-refractivity contribution in [2.45, 2.75) is 31.7 Å². The molecular formula is C17H18N6O3. The second kappa shape index (κ2) is 6.58. The van der Waals surface area contributed by atoms with Crippen LogP contribution in [-0.2, 0) is 27.3 Å². The summed E-state index contributed by atoms with van der Waals surface area (Å²) in [5, 5.41) is 14.9. The molecule has 2 aromatic heterocycles. The van der Waals surface area contributed by atoms with Crippen molar-refractivity contribution in [3.05, 3.63) is 36.0 Å². The van der Waals surface area contributed by atoms with Gasteiger partial charge in [0.15, 0.2) is 5.82 Å². The van der Waals surface area contributed by atoms with E-state index in [1.54, 1.807) is 18.3 Å². The van der Waals surface area contributed by atoms with Crippen LogP contribution in [0.4, 0.5) is 5.69 Å². The summed E-state index contributed by atoms with van der Waals surface area (Å²) >= 11 is 0. The van der Waals surface area contributed by atoms with Crippen molar-refractivity contribution in [2.24, 2.45) is 0 Å². The lowest BCUT2D eigenvalue weighted by Crippen LogP contribution is -2.15. The zero-order valence-corrected chi connectivity index (χ0v) is 14.2. The van der Waals surface area contributed by atoms with Crippen LogP contribution in [0.25, 0.3) is 10.9 Å². The smallest absolute Gasteiger partial charge is 0.327 e. The lowest BCUT2D eigenvalue weighted by atomic mass is 10.2. The maximum atomic E-state index is 12.3. The first-order valence-corrected chi connectivity index (χ1v) is 8.36. The quantitative estimate of drug-likeness (QED) is 0.646. The molecule has 1 amide bonds. The Hall–Kier alpha value is -3.23. The van der Waals surface area contributed by atoms with E-state index in [1.165, 1.54) is 11.8 Å². The number of esters is 1. The maximum Gasteiger partial charge on any atom is 0.327 e. The number of hydrogen-bond acceptors (Lipinski definition) is 6. The monoisotopic (exact) mass is 354 g/mol. The third-order valence-electron chi connectivity index (χ3n) is 4.25. The van der Waals surface area contributed by atoms with E-state index in [9.17, 15) is 9.59 Å². The summed E-state index contributed by atoms with van der Waals surface area (Å²) in [6.45, 7) is 0.0133. The second-order valence-electron chi connectivity index (χ2n) is 6.29. The molecule has 1 fully saturated rings. The highest BCUT2D eigenvalue weighted by molar-refractivity contribution is 5.94. The molecule has 0 radical (unpaired) electrons. The van der Waals surface area contributed by atoms with Gasteiger partial charge >= 0.3 is 5.97 Å². The highest BCUT2D eigenvalue weighted by Gasteiger charge is 2.27. The van der Waals surface area contributed by atoms with Crippen molar-refractivity contribution < 1.29 is 14.3 Å². The summed E-state index contributed by atoms with van der Waals surface area (Å²) in [5.41, 5.74) is 1.36. The van der Waals surface area contributed by atoms with Crippen LogP contribution >= 0.6 is 0 Å². The number of carbonyl (C=O) groups is 2. The number of benzene rings is 1. The summed E-state index contributed by atoms with van der Waals surface area (Å²) in [6, 6.07) is 5.41. The van der Waals surface area contributed by atoms with E-state index in [2.05, 4.69) is 30.3 Å². The largest absolute Gasteiger partial charge is 0.468 e. The van der Waals surface area contributed by atoms with Gasteiger partial charge in [-0.1, -0.05) is 0 Å². The standard InChI is InChI=1S/C17H18N6O3/c1-26-16(25)9-23-13-6-12(5-4-11(13)8-18-23)19-15(24)7-14-20-17(22-21-14)10-2-3-10/h4-6,8,10H,2-3,7,9H2,1H3,(H,19,24)(H,20,21,22). The van der Waals surface area contributed by atoms with Crippen LogP contribution in [0, 0.1) is 0 Å². The Kier molecular flexibility index (Phi) is 4.11. The minimum Gasteiger partial charge on any atom is -0.468 e. The molecule has 1 aliphatic rings. The molecule has 0 aliphatic heterocycles. The normalized spacial score (nSPS) is 13.7. The summed E-state index contributed by atoms with van der Waals surface area (Å²) in [4.78, 5) is 28.1. The van der Waals surface area contributed by atoms with Crippen molar-refractivity contribution in [1.82, 2.24) is 25.0 Å². The zero-order chi connectivity index (χ0) is 18.1. The first kappa shape index (κ1) is 16.2. The number of amides is 1. The molecule has 2 heterocycles. The summed E-state index contributed by atoms with van der Waals surface area (Å²) in [6.07, 6.45) is 4.02. The second-order valence-corrected chi connectivity index (χ2v) is 6.29. The van der Waals surface area contributed by atoms with E-state index in [-0.39, 0.29) is 24.8 Å². The molecular weight excluding hydrogens is 336 g/mol. The first-order chi connectivity index (χ1) is 12.6. The summed E-state index contributed by atoms with van der Waals surface area (Å²) < 4.78 is 6.21. The molecule has 26 heavy (non-hydrogen) atoms. The molecule has 1 aromatic carbocycles. The number of hydrogen-bond donors (Lipinski definition) is 2. The Morgan fingerprint density at radius 1 is 1.38 bits per heavy atom. The molecule has 2 N–H and O–H groups in total. The van der Waals surface area contributed by atoms with E-state index in [1.807, 2.05) is 6.07 Å². The third-order valence-corrected chi connectivity index (χ3v) is 4.25. The number of fused-ring (bicyclic) bond motifs is 1. The minimum absolute atomic E-state index is 0.0133. The number of carbonyl (C=O) groups excluding carboxylic acids is 2. The maximum absolute atomic E-state index is 12.3. The van der Waals surface area contributed by atoms with Crippen LogP contribution in [0.3, 0.4) is 0 Å². The highest BCUT2D eigenvalue weighted by Crippen LogP contribution is 2.37. The number of aromatic amines is 1. The topological polar surface area (TPSA) is 115 Å². The van der Waals surface area contributed by atoms with Gasteiger partial charge in [0.05, 0.1) is 25.2 Å². The van der Waals surface area contributed by atoms with Crippen molar-refractivity contribution in [1.29, 1.82) is 0 Å². The molecule has 9 heteroatoms. The predicted octanol–water partition coefficient (Wildman–Crippen LogP) is 1.39. The van der Waals surface area contributed by atoms with Gasteiger partial charge in [0.25, 0.3) is 0 Å². The van der Waals surface area contributed by atoms with Crippen LogP contribution in [0.15, 0.2) is 24.4 Å². The van der Waals surface area contributed by atoms with E-state index in [4.69, 9.17) is 0 Å². The van der Waals surface area contributed by atoms with Gasteiger partial charge in [-0.15, -0.1) is 0 Å². The molecule has 134 valence electrons.